The topological polar surface area (TPSA) is 85.6 Å². The Labute approximate surface area is 175 Å². The van der Waals surface area contributed by atoms with Crippen LogP contribution in [-0.2, 0) is 9.53 Å². The van der Waals surface area contributed by atoms with Gasteiger partial charge in [0.15, 0.2) is 11.6 Å². The summed E-state index contributed by atoms with van der Waals surface area (Å²) in [6.07, 6.45) is -0.535. The molecular weight excluding hydrogens is 422 g/mol. The number of amides is 1. The number of hydrogen-bond donors (Lipinski definition) is 2. The number of hydrogen-bond acceptors (Lipinski definition) is 5. The average Bonchev–Trinajstić information content (AvgIpc) is 3.23. The Kier molecular flexibility index (Phi) is 6.85. The molecule has 1 fully saturated rings. The van der Waals surface area contributed by atoms with Gasteiger partial charge in [-0.05, 0) is 25.8 Å². The van der Waals surface area contributed by atoms with E-state index in [4.69, 9.17) is 14.6 Å². The number of nitrogens with one attached hydrogen (secondary N) is 1. The van der Waals surface area contributed by atoms with Gasteiger partial charge in [-0.25, -0.2) is 9.07 Å². The smallest absolute Gasteiger partial charge is 0.333 e. The highest BCUT2D eigenvalue weighted by Gasteiger charge is 2.46. The molecule has 170 valence electrons. The van der Waals surface area contributed by atoms with Gasteiger partial charge in [-0.2, -0.15) is 18.3 Å². The quantitative estimate of drug-likeness (QED) is 0.639. The van der Waals surface area contributed by atoms with Crippen molar-refractivity contribution in [3.63, 3.8) is 0 Å². The van der Waals surface area contributed by atoms with Gasteiger partial charge in [0.2, 0.25) is 5.82 Å². The number of benzene rings is 1. The van der Waals surface area contributed by atoms with Gasteiger partial charge in [0, 0.05) is 11.5 Å². The summed E-state index contributed by atoms with van der Waals surface area (Å²) in [5, 5.41) is 15.2. The summed E-state index contributed by atoms with van der Waals surface area (Å²) in [5.74, 6) is -4.41. The van der Waals surface area contributed by atoms with E-state index >= 15 is 0 Å². The third-order valence-corrected chi connectivity index (χ3v) is 5.40. The summed E-state index contributed by atoms with van der Waals surface area (Å²) in [6, 6.07) is 2.24. The minimum atomic E-state index is -2.87. The lowest BCUT2D eigenvalue weighted by molar-refractivity contribution is -0.127. The summed E-state index contributed by atoms with van der Waals surface area (Å²) in [7, 11) is 0. The molecule has 2 aromatic rings. The zero-order valence-corrected chi connectivity index (χ0v) is 17.1. The van der Waals surface area contributed by atoms with Crippen molar-refractivity contribution < 1.29 is 36.9 Å². The fraction of sp³-hybridized carbons (Fsp3) is 0.500. The highest BCUT2D eigenvalue weighted by atomic mass is 19.3. The number of aliphatic hydroxyl groups is 1. The summed E-state index contributed by atoms with van der Waals surface area (Å²) in [6.45, 7) is 1.43. The lowest BCUT2D eigenvalue weighted by atomic mass is 9.82. The van der Waals surface area contributed by atoms with Crippen LogP contribution in [0.3, 0.4) is 0 Å². The molecule has 1 aliphatic heterocycles. The average molecular weight is 445 g/mol. The standard InChI is InChI=1S/C20H23F4N3O4/c1-9-11(3)31-18(19(29)25-14-8-27(20(23)24)26-10(14)2)15(9)12-4-5-13(21)16(22)17(12)30-7-6-28/h4-5,8-9,11,15,18,20,28H,6-7H2,1-3H3,(H,25,29)/t9-,11-,15+,18-/m1/s1. The second kappa shape index (κ2) is 9.23. The van der Waals surface area contributed by atoms with Crippen LogP contribution in [0.2, 0.25) is 0 Å². The Bertz CT molecular complexity index is 953. The van der Waals surface area contributed by atoms with Crippen LogP contribution in [0, 0.1) is 24.5 Å². The third-order valence-electron chi connectivity index (χ3n) is 5.40. The van der Waals surface area contributed by atoms with Crippen LogP contribution in [0.15, 0.2) is 18.3 Å². The van der Waals surface area contributed by atoms with E-state index in [-0.39, 0.29) is 29.5 Å². The van der Waals surface area contributed by atoms with E-state index in [9.17, 15) is 22.4 Å². The Morgan fingerprint density at radius 3 is 2.68 bits per heavy atom. The molecule has 2 N–H and O–H groups in total. The molecule has 2 heterocycles. The van der Waals surface area contributed by atoms with Crippen LogP contribution in [0.4, 0.5) is 23.2 Å². The highest BCUT2D eigenvalue weighted by Crippen LogP contribution is 2.45. The number of ether oxygens (including phenoxy) is 2. The number of aromatic nitrogens is 2. The normalized spacial score (nSPS) is 23.4. The zero-order chi connectivity index (χ0) is 22.9. The van der Waals surface area contributed by atoms with Crippen molar-refractivity contribution >= 4 is 11.6 Å². The summed E-state index contributed by atoms with van der Waals surface area (Å²) >= 11 is 0. The van der Waals surface area contributed by atoms with Crippen molar-refractivity contribution in [2.75, 3.05) is 18.5 Å². The Hall–Kier alpha value is -2.66. The molecule has 1 aromatic carbocycles. The number of alkyl halides is 2. The minimum absolute atomic E-state index is 0.0851. The van der Waals surface area contributed by atoms with E-state index < -0.39 is 54.6 Å². The number of anilines is 1. The first-order valence-corrected chi connectivity index (χ1v) is 9.67. The molecule has 1 aliphatic rings. The van der Waals surface area contributed by atoms with Gasteiger partial charge in [0.05, 0.1) is 30.3 Å². The third kappa shape index (κ3) is 4.52. The first-order chi connectivity index (χ1) is 14.6. The zero-order valence-electron chi connectivity index (χ0n) is 17.1. The molecule has 0 spiro atoms. The first kappa shape index (κ1) is 23.0. The molecule has 0 saturated carbocycles. The lowest BCUT2D eigenvalue weighted by Gasteiger charge is -2.24. The van der Waals surface area contributed by atoms with E-state index in [0.29, 0.717) is 4.68 Å². The minimum Gasteiger partial charge on any atom is -0.488 e. The van der Waals surface area contributed by atoms with Crippen molar-refractivity contribution in [2.24, 2.45) is 5.92 Å². The molecule has 3 rings (SSSR count). The number of rotatable bonds is 7. The van der Waals surface area contributed by atoms with Crippen LogP contribution in [0.25, 0.3) is 0 Å². The molecule has 1 aromatic heterocycles. The van der Waals surface area contributed by atoms with E-state index in [1.165, 1.54) is 13.0 Å². The van der Waals surface area contributed by atoms with Gasteiger partial charge in [-0.1, -0.05) is 13.0 Å². The van der Waals surface area contributed by atoms with Gasteiger partial charge in [0.1, 0.15) is 12.7 Å². The number of carbonyl (C=O) groups excluding carboxylic acids is 1. The predicted octanol–water partition coefficient (Wildman–Crippen LogP) is 3.38. The number of carbonyl (C=O) groups is 1. The molecule has 4 atom stereocenters. The highest BCUT2D eigenvalue weighted by molar-refractivity contribution is 5.95. The number of nitrogens with zero attached hydrogens (tertiary/aromatic N) is 2. The first-order valence-electron chi connectivity index (χ1n) is 9.67. The second-order valence-electron chi connectivity index (χ2n) is 7.37. The molecule has 0 radical (unpaired) electrons. The van der Waals surface area contributed by atoms with Crippen LogP contribution in [0.1, 0.15) is 37.6 Å². The van der Waals surface area contributed by atoms with Crippen molar-refractivity contribution in [3.05, 3.63) is 41.2 Å². The van der Waals surface area contributed by atoms with Crippen molar-refractivity contribution in [1.82, 2.24) is 9.78 Å². The maximum atomic E-state index is 14.5. The summed E-state index contributed by atoms with van der Waals surface area (Å²) < 4.78 is 65.4. The maximum Gasteiger partial charge on any atom is 0.333 e. The van der Waals surface area contributed by atoms with Gasteiger partial charge in [0.25, 0.3) is 5.91 Å². The molecule has 0 aliphatic carbocycles. The van der Waals surface area contributed by atoms with Gasteiger partial charge in [-0.3, -0.25) is 4.79 Å². The SMILES string of the molecule is Cc1nn(C(F)F)cc1NC(=O)[C@@H]1O[C@H](C)[C@@H](C)[C@H]1c1ccc(F)c(F)c1OCCO. The van der Waals surface area contributed by atoms with E-state index in [1.807, 2.05) is 0 Å². The second-order valence-corrected chi connectivity index (χ2v) is 7.37. The fourth-order valence-corrected chi connectivity index (χ4v) is 3.69. The monoisotopic (exact) mass is 445 g/mol. The number of halogens is 4. The molecule has 31 heavy (non-hydrogen) atoms. The van der Waals surface area contributed by atoms with E-state index in [1.54, 1.807) is 13.8 Å². The Morgan fingerprint density at radius 1 is 1.35 bits per heavy atom. The van der Waals surface area contributed by atoms with Gasteiger partial charge in [-0.15, -0.1) is 0 Å². The number of aryl methyl sites for hydroxylation is 1. The lowest BCUT2D eigenvalue weighted by Crippen LogP contribution is -2.33. The molecule has 7 nitrogen and oxygen atoms in total. The number of aliphatic hydroxyl groups excluding tert-OH is 1. The summed E-state index contributed by atoms with van der Waals surface area (Å²) in [4.78, 5) is 13.0. The van der Waals surface area contributed by atoms with Crippen LogP contribution in [-0.4, -0.2) is 46.2 Å². The largest absolute Gasteiger partial charge is 0.488 e. The van der Waals surface area contributed by atoms with Crippen LogP contribution < -0.4 is 10.1 Å². The van der Waals surface area contributed by atoms with Crippen molar-refractivity contribution in [3.8, 4) is 5.75 Å². The maximum absolute atomic E-state index is 14.5. The van der Waals surface area contributed by atoms with Crippen LogP contribution >= 0.6 is 0 Å². The Morgan fingerprint density at radius 2 is 2.06 bits per heavy atom. The van der Waals surface area contributed by atoms with Crippen molar-refractivity contribution in [1.29, 1.82) is 0 Å². The fourth-order valence-electron chi connectivity index (χ4n) is 3.69. The summed E-state index contributed by atoms with van der Waals surface area (Å²) in [5.41, 5.74) is 0.482. The van der Waals surface area contributed by atoms with E-state index in [2.05, 4.69) is 10.4 Å². The molecule has 11 heteroatoms. The van der Waals surface area contributed by atoms with Crippen molar-refractivity contribution in [2.45, 2.75) is 45.4 Å². The molecule has 0 bridgehead atoms. The Balaban J connectivity index is 1.94. The van der Waals surface area contributed by atoms with Gasteiger partial charge < -0.3 is 19.9 Å². The molecule has 1 saturated heterocycles. The molecule has 0 unspecified atom stereocenters. The molecule has 1 amide bonds. The predicted molar refractivity (Wildman–Crippen MR) is 102 cm³/mol. The van der Waals surface area contributed by atoms with Gasteiger partial charge >= 0.3 is 6.55 Å². The van der Waals surface area contributed by atoms with Crippen LogP contribution in [0.5, 0.6) is 5.75 Å². The molecular formula is C20H23F4N3O4. The van der Waals surface area contributed by atoms with E-state index in [0.717, 1.165) is 12.3 Å².